The monoisotopic (exact) mass is 259 g/mol. The minimum atomic E-state index is -4.28. The number of halogens is 3. The highest BCUT2D eigenvalue weighted by Crippen LogP contribution is 2.29. The van der Waals surface area contributed by atoms with Crippen LogP contribution in [0.5, 0.6) is 0 Å². The average Bonchev–Trinajstić information content (AvgIpc) is 2.28. The summed E-state index contributed by atoms with van der Waals surface area (Å²) >= 11 is 0. The third-order valence-electron chi connectivity index (χ3n) is 2.95. The normalized spacial score (nSPS) is 25.1. The second-order valence-corrected chi connectivity index (χ2v) is 4.63. The summed E-state index contributed by atoms with van der Waals surface area (Å²) in [5.41, 5.74) is 0.0579. The fourth-order valence-electron chi connectivity index (χ4n) is 2.13. The van der Waals surface area contributed by atoms with E-state index in [9.17, 15) is 13.2 Å². The maximum atomic E-state index is 12.6. The summed E-state index contributed by atoms with van der Waals surface area (Å²) in [4.78, 5) is 0. The Kier molecular flexibility index (Phi) is 3.92. The van der Waals surface area contributed by atoms with Crippen LogP contribution in [0.1, 0.15) is 18.1 Å². The van der Waals surface area contributed by atoms with E-state index in [4.69, 9.17) is 4.74 Å². The SMILES string of the molecule is CC1CNCC(Cc2cccc(C(F)(F)F)c2)O1. The van der Waals surface area contributed by atoms with Gasteiger partial charge in [0, 0.05) is 13.1 Å². The molecule has 5 heteroatoms. The molecule has 1 fully saturated rings. The van der Waals surface area contributed by atoms with Crippen molar-refractivity contribution in [2.45, 2.75) is 31.7 Å². The highest BCUT2D eigenvalue weighted by molar-refractivity contribution is 5.26. The highest BCUT2D eigenvalue weighted by Gasteiger charge is 2.30. The van der Waals surface area contributed by atoms with Gasteiger partial charge in [0.1, 0.15) is 0 Å². The van der Waals surface area contributed by atoms with Gasteiger partial charge in [-0.2, -0.15) is 13.2 Å². The first-order valence-corrected chi connectivity index (χ1v) is 5.97. The lowest BCUT2D eigenvalue weighted by Gasteiger charge is -2.29. The van der Waals surface area contributed by atoms with E-state index in [1.807, 2.05) is 6.92 Å². The molecule has 0 bridgehead atoms. The molecule has 0 aliphatic carbocycles. The van der Waals surface area contributed by atoms with Crippen LogP contribution < -0.4 is 5.32 Å². The summed E-state index contributed by atoms with van der Waals surface area (Å²) in [5.74, 6) is 0. The summed E-state index contributed by atoms with van der Waals surface area (Å²) in [7, 11) is 0. The topological polar surface area (TPSA) is 21.3 Å². The Morgan fingerprint density at radius 1 is 1.33 bits per heavy atom. The van der Waals surface area contributed by atoms with Gasteiger partial charge in [-0.15, -0.1) is 0 Å². The zero-order valence-corrected chi connectivity index (χ0v) is 10.1. The minimum absolute atomic E-state index is 0.0581. The van der Waals surface area contributed by atoms with Gasteiger partial charge in [-0.25, -0.2) is 0 Å². The lowest BCUT2D eigenvalue weighted by molar-refractivity contribution is -0.137. The molecule has 0 amide bonds. The number of benzene rings is 1. The van der Waals surface area contributed by atoms with Crippen molar-refractivity contribution in [3.05, 3.63) is 35.4 Å². The fraction of sp³-hybridized carbons (Fsp3) is 0.538. The molecule has 1 heterocycles. The predicted octanol–water partition coefficient (Wildman–Crippen LogP) is 2.62. The molecule has 1 aromatic carbocycles. The molecule has 1 aliphatic heterocycles. The van der Waals surface area contributed by atoms with Gasteiger partial charge in [0.2, 0.25) is 0 Å². The molecule has 0 spiro atoms. The third kappa shape index (κ3) is 3.46. The minimum Gasteiger partial charge on any atom is -0.372 e. The van der Waals surface area contributed by atoms with E-state index in [0.29, 0.717) is 18.5 Å². The smallest absolute Gasteiger partial charge is 0.372 e. The fourth-order valence-corrected chi connectivity index (χ4v) is 2.13. The number of hydrogen-bond acceptors (Lipinski definition) is 2. The van der Waals surface area contributed by atoms with E-state index in [1.165, 1.54) is 12.1 Å². The Balaban J connectivity index is 2.05. The first-order chi connectivity index (χ1) is 8.45. The van der Waals surface area contributed by atoms with E-state index in [2.05, 4.69) is 5.32 Å². The highest BCUT2D eigenvalue weighted by atomic mass is 19.4. The molecule has 1 N–H and O–H groups in total. The van der Waals surface area contributed by atoms with E-state index < -0.39 is 11.7 Å². The lowest BCUT2D eigenvalue weighted by atomic mass is 10.0. The van der Waals surface area contributed by atoms with Gasteiger partial charge >= 0.3 is 6.18 Å². The van der Waals surface area contributed by atoms with Crippen molar-refractivity contribution in [1.82, 2.24) is 5.32 Å². The van der Waals surface area contributed by atoms with E-state index >= 15 is 0 Å². The number of nitrogens with one attached hydrogen (secondary N) is 1. The maximum absolute atomic E-state index is 12.6. The molecule has 18 heavy (non-hydrogen) atoms. The number of hydrogen-bond donors (Lipinski definition) is 1. The molecule has 2 unspecified atom stereocenters. The van der Waals surface area contributed by atoms with Gasteiger partial charge in [0.25, 0.3) is 0 Å². The van der Waals surface area contributed by atoms with Crippen LogP contribution in [-0.2, 0) is 17.3 Å². The van der Waals surface area contributed by atoms with Crippen LogP contribution in [0.3, 0.4) is 0 Å². The van der Waals surface area contributed by atoms with Crippen LogP contribution in [0.15, 0.2) is 24.3 Å². The standard InChI is InChI=1S/C13H16F3NO/c1-9-7-17-8-12(18-9)6-10-3-2-4-11(5-10)13(14,15)16/h2-5,9,12,17H,6-8H2,1H3. The average molecular weight is 259 g/mol. The predicted molar refractivity (Wildman–Crippen MR) is 62.4 cm³/mol. The van der Waals surface area contributed by atoms with Gasteiger partial charge in [0.05, 0.1) is 17.8 Å². The summed E-state index contributed by atoms with van der Waals surface area (Å²) in [6.45, 7) is 3.42. The molecule has 100 valence electrons. The Hall–Kier alpha value is -1.07. The van der Waals surface area contributed by atoms with Gasteiger partial charge in [-0.05, 0) is 25.0 Å². The van der Waals surface area contributed by atoms with Crippen LogP contribution >= 0.6 is 0 Å². The molecule has 1 aliphatic rings. The van der Waals surface area contributed by atoms with Crippen LogP contribution in [0.2, 0.25) is 0 Å². The van der Waals surface area contributed by atoms with E-state index in [0.717, 1.165) is 12.6 Å². The molecule has 0 aromatic heterocycles. The number of morpholine rings is 1. The van der Waals surface area contributed by atoms with Crippen molar-refractivity contribution in [1.29, 1.82) is 0 Å². The molecule has 2 rings (SSSR count). The Morgan fingerprint density at radius 2 is 2.11 bits per heavy atom. The molecular weight excluding hydrogens is 243 g/mol. The number of rotatable bonds is 2. The van der Waals surface area contributed by atoms with E-state index in [-0.39, 0.29) is 12.2 Å². The van der Waals surface area contributed by atoms with Gasteiger partial charge < -0.3 is 10.1 Å². The molecule has 0 saturated carbocycles. The van der Waals surface area contributed by atoms with Crippen molar-refractivity contribution >= 4 is 0 Å². The van der Waals surface area contributed by atoms with Crippen molar-refractivity contribution in [2.75, 3.05) is 13.1 Å². The molecule has 1 aromatic rings. The van der Waals surface area contributed by atoms with Crippen molar-refractivity contribution in [3.8, 4) is 0 Å². The maximum Gasteiger partial charge on any atom is 0.416 e. The Morgan fingerprint density at radius 3 is 2.78 bits per heavy atom. The van der Waals surface area contributed by atoms with Crippen LogP contribution in [0, 0.1) is 0 Å². The Labute approximate surface area is 104 Å². The summed E-state index contributed by atoms with van der Waals surface area (Å²) in [6.07, 6.45) is -3.73. The summed E-state index contributed by atoms with van der Waals surface area (Å²) in [5, 5.41) is 3.20. The first-order valence-electron chi connectivity index (χ1n) is 5.97. The van der Waals surface area contributed by atoms with Crippen molar-refractivity contribution < 1.29 is 17.9 Å². The molecule has 0 radical (unpaired) electrons. The zero-order valence-electron chi connectivity index (χ0n) is 10.1. The van der Waals surface area contributed by atoms with Crippen molar-refractivity contribution in [3.63, 3.8) is 0 Å². The third-order valence-corrected chi connectivity index (χ3v) is 2.95. The summed E-state index contributed by atoms with van der Waals surface area (Å²) in [6, 6.07) is 5.43. The van der Waals surface area contributed by atoms with Crippen LogP contribution in [0.25, 0.3) is 0 Å². The first kappa shape index (κ1) is 13.4. The molecule has 1 saturated heterocycles. The van der Waals surface area contributed by atoms with Gasteiger partial charge in [0.15, 0.2) is 0 Å². The Bertz CT molecular complexity index is 405. The molecule has 2 nitrogen and oxygen atoms in total. The molecule has 2 atom stereocenters. The summed E-state index contributed by atoms with van der Waals surface area (Å²) < 4.78 is 43.4. The van der Waals surface area contributed by atoms with Crippen LogP contribution in [-0.4, -0.2) is 25.3 Å². The number of ether oxygens (including phenoxy) is 1. The molecular formula is C13H16F3NO. The largest absolute Gasteiger partial charge is 0.416 e. The number of alkyl halides is 3. The second-order valence-electron chi connectivity index (χ2n) is 4.63. The van der Waals surface area contributed by atoms with Crippen LogP contribution in [0.4, 0.5) is 13.2 Å². The van der Waals surface area contributed by atoms with E-state index in [1.54, 1.807) is 6.07 Å². The quantitative estimate of drug-likeness (QED) is 0.881. The van der Waals surface area contributed by atoms with Gasteiger partial charge in [-0.1, -0.05) is 18.2 Å². The second kappa shape index (κ2) is 5.28. The van der Waals surface area contributed by atoms with Crippen molar-refractivity contribution in [2.24, 2.45) is 0 Å². The zero-order chi connectivity index (χ0) is 13.2. The lowest BCUT2D eigenvalue weighted by Crippen LogP contribution is -2.44. The van der Waals surface area contributed by atoms with Gasteiger partial charge in [-0.3, -0.25) is 0 Å².